The lowest BCUT2D eigenvalue weighted by atomic mass is 10.1. The number of H-pyrrole nitrogens is 1. The number of phenols is 1. The molecule has 0 aliphatic rings. The molecule has 0 radical (unpaired) electrons. The van der Waals surface area contributed by atoms with Gasteiger partial charge in [0.25, 0.3) is 5.56 Å². The van der Waals surface area contributed by atoms with E-state index in [1.54, 1.807) is 24.3 Å². The largest absolute Gasteiger partial charge is 0.504 e. The molecule has 0 spiro atoms. The molecule has 0 aliphatic carbocycles. The lowest BCUT2D eigenvalue weighted by molar-refractivity contribution is 0.371. The van der Waals surface area contributed by atoms with E-state index in [-0.39, 0.29) is 11.3 Å². The van der Waals surface area contributed by atoms with Gasteiger partial charge >= 0.3 is 0 Å². The first-order chi connectivity index (χ1) is 10.1. The minimum Gasteiger partial charge on any atom is -0.504 e. The number of ether oxygens (including phenoxy) is 1. The van der Waals surface area contributed by atoms with E-state index in [0.29, 0.717) is 18.0 Å². The van der Waals surface area contributed by atoms with Crippen LogP contribution >= 0.6 is 0 Å². The van der Waals surface area contributed by atoms with Crippen LogP contribution in [0.2, 0.25) is 0 Å². The normalized spacial score (nSPS) is 10.7. The molecule has 108 valence electrons. The van der Waals surface area contributed by atoms with E-state index in [1.807, 2.05) is 6.07 Å². The second-order valence-corrected chi connectivity index (χ2v) is 4.38. The monoisotopic (exact) mass is 284 g/mol. The molecule has 21 heavy (non-hydrogen) atoms. The van der Waals surface area contributed by atoms with Crippen LogP contribution in [-0.4, -0.2) is 22.2 Å². The van der Waals surface area contributed by atoms with Crippen LogP contribution in [0.15, 0.2) is 41.8 Å². The Morgan fingerprint density at radius 1 is 1.43 bits per heavy atom. The molecule has 2 rings (SSSR count). The number of nitrogens with zero attached hydrogens (tertiary/aromatic N) is 1. The number of aromatic hydroxyl groups is 1. The molecule has 0 atom stereocenters. The Morgan fingerprint density at radius 2 is 2.24 bits per heavy atom. The molecule has 0 unspecified atom stereocenters. The van der Waals surface area contributed by atoms with E-state index >= 15 is 0 Å². The van der Waals surface area contributed by atoms with Crippen LogP contribution in [-0.2, 0) is 6.42 Å². The Kier molecular flexibility index (Phi) is 4.56. The highest BCUT2D eigenvalue weighted by Gasteiger charge is 2.08. The summed E-state index contributed by atoms with van der Waals surface area (Å²) >= 11 is 0. The van der Waals surface area contributed by atoms with Gasteiger partial charge < -0.3 is 14.8 Å². The third kappa shape index (κ3) is 3.60. The van der Waals surface area contributed by atoms with Crippen molar-refractivity contribution < 1.29 is 9.84 Å². The summed E-state index contributed by atoms with van der Waals surface area (Å²) in [5.41, 5.74) is 1.34. The highest BCUT2D eigenvalue weighted by Crippen LogP contribution is 2.32. The van der Waals surface area contributed by atoms with Gasteiger partial charge in [-0.3, -0.25) is 4.79 Å². The first-order valence-electron chi connectivity index (χ1n) is 6.38. The van der Waals surface area contributed by atoms with Crippen molar-refractivity contribution in [3.8, 4) is 11.5 Å². The summed E-state index contributed by atoms with van der Waals surface area (Å²) in [6.07, 6.45) is 7.15. The maximum Gasteiger partial charge on any atom is 0.251 e. The van der Waals surface area contributed by atoms with Gasteiger partial charge in [0.2, 0.25) is 0 Å². The highest BCUT2D eigenvalue weighted by atomic mass is 16.5. The standard InChI is InChI=1S/C16H16N2O3/c1-3-4-12-9-11(10-13(21-2)16(12)20)5-6-14-17-8-7-15(19)18-14/h3,5-10,20H,1,4H2,2H3,(H,17,18,19). The van der Waals surface area contributed by atoms with Gasteiger partial charge in [0.15, 0.2) is 11.5 Å². The van der Waals surface area contributed by atoms with E-state index in [9.17, 15) is 9.90 Å². The van der Waals surface area contributed by atoms with Crippen LogP contribution in [0.3, 0.4) is 0 Å². The van der Waals surface area contributed by atoms with Crippen molar-refractivity contribution >= 4 is 12.2 Å². The predicted octanol–water partition coefficient (Wildman–Crippen LogP) is 2.38. The number of hydrogen-bond donors (Lipinski definition) is 2. The molecule has 5 heteroatoms. The van der Waals surface area contributed by atoms with Crippen LogP contribution in [0, 0.1) is 0 Å². The summed E-state index contributed by atoms with van der Waals surface area (Å²) in [6, 6.07) is 4.89. The molecule has 2 N–H and O–H groups in total. The van der Waals surface area contributed by atoms with Gasteiger partial charge in [0.1, 0.15) is 5.82 Å². The molecule has 1 aromatic heterocycles. The van der Waals surface area contributed by atoms with E-state index in [1.165, 1.54) is 19.4 Å². The summed E-state index contributed by atoms with van der Waals surface area (Å²) in [7, 11) is 1.50. The van der Waals surface area contributed by atoms with Crippen molar-refractivity contribution in [1.29, 1.82) is 0 Å². The van der Waals surface area contributed by atoms with Crippen molar-refractivity contribution in [2.75, 3.05) is 7.11 Å². The molecule has 0 fully saturated rings. The fourth-order valence-corrected chi connectivity index (χ4v) is 1.90. The van der Waals surface area contributed by atoms with E-state index < -0.39 is 0 Å². The minimum atomic E-state index is -0.208. The number of nitrogens with one attached hydrogen (secondary N) is 1. The van der Waals surface area contributed by atoms with Crippen molar-refractivity contribution in [1.82, 2.24) is 9.97 Å². The van der Waals surface area contributed by atoms with Crippen LogP contribution in [0.1, 0.15) is 17.0 Å². The van der Waals surface area contributed by atoms with Gasteiger partial charge in [-0.2, -0.15) is 0 Å². The maximum absolute atomic E-state index is 11.2. The first-order valence-corrected chi connectivity index (χ1v) is 6.38. The number of aromatic amines is 1. The molecule has 1 aromatic carbocycles. The molecule has 2 aromatic rings. The van der Waals surface area contributed by atoms with Gasteiger partial charge in [-0.25, -0.2) is 4.98 Å². The molecule has 0 aliphatic heterocycles. The second kappa shape index (κ2) is 6.56. The quantitative estimate of drug-likeness (QED) is 0.827. The Labute approximate surface area is 122 Å². The maximum atomic E-state index is 11.2. The lowest BCUT2D eigenvalue weighted by Gasteiger charge is -2.09. The van der Waals surface area contributed by atoms with Crippen molar-refractivity contribution in [2.45, 2.75) is 6.42 Å². The fraction of sp³-hybridized carbons (Fsp3) is 0.125. The zero-order chi connectivity index (χ0) is 15.2. The van der Waals surface area contributed by atoms with Crippen LogP contribution in [0.5, 0.6) is 11.5 Å². The lowest BCUT2D eigenvalue weighted by Crippen LogP contribution is -2.05. The molecule has 0 saturated heterocycles. The summed E-state index contributed by atoms with van der Waals surface area (Å²) in [4.78, 5) is 17.8. The fourth-order valence-electron chi connectivity index (χ4n) is 1.90. The molecule has 0 saturated carbocycles. The zero-order valence-electron chi connectivity index (χ0n) is 11.7. The number of allylic oxidation sites excluding steroid dienone is 1. The summed E-state index contributed by atoms with van der Waals surface area (Å²) in [5, 5.41) is 10.0. The van der Waals surface area contributed by atoms with Crippen LogP contribution in [0.25, 0.3) is 12.2 Å². The number of hydrogen-bond acceptors (Lipinski definition) is 4. The average Bonchev–Trinajstić information content (AvgIpc) is 2.48. The molecular weight excluding hydrogens is 268 g/mol. The van der Waals surface area contributed by atoms with Crippen LogP contribution < -0.4 is 10.3 Å². The van der Waals surface area contributed by atoms with Crippen molar-refractivity contribution in [2.24, 2.45) is 0 Å². The minimum absolute atomic E-state index is 0.112. The number of aromatic nitrogens is 2. The van der Waals surface area contributed by atoms with Gasteiger partial charge in [-0.1, -0.05) is 12.2 Å². The number of methoxy groups -OCH3 is 1. The zero-order valence-corrected chi connectivity index (χ0v) is 11.7. The Balaban J connectivity index is 2.37. The van der Waals surface area contributed by atoms with Gasteiger partial charge in [0.05, 0.1) is 7.11 Å². The first kappa shape index (κ1) is 14.6. The Morgan fingerprint density at radius 3 is 2.90 bits per heavy atom. The van der Waals surface area contributed by atoms with E-state index in [4.69, 9.17) is 4.74 Å². The molecular formula is C16H16N2O3. The van der Waals surface area contributed by atoms with E-state index in [0.717, 1.165) is 11.1 Å². The third-order valence-corrected chi connectivity index (χ3v) is 2.88. The number of benzene rings is 1. The topological polar surface area (TPSA) is 75.2 Å². The molecule has 1 heterocycles. The SMILES string of the molecule is C=CCc1cc(C=Cc2nccc(=O)[nH]2)cc(OC)c1O. The Bertz CT molecular complexity index is 733. The summed E-state index contributed by atoms with van der Waals surface area (Å²) in [5.74, 6) is 0.962. The molecule has 0 amide bonds. The molecule has 0 bridgehead atoms. The number of rotatable bonds is 5. The number of phenolic OH excluding ortho intramolecular Hbond substituents is 1. The highest BCUT2D eigenvalue weighted by molar-refractivity contribution is 5.69. The summed E-state index contributed by atoms with van der Waals surface area (Å²) in [6.45, 7) is 3.67. The summed E-state index contributed by atoms with van der Waals surface area (Å²) < 4.78 is 5.15. The van der Waals surface area contributed by atoms with Crippen molar-refractivity contribution in [3.63, 3.8) is 0 Å². The van der Waals surface area contributed by atoms with Gasteiger partial charge in [-0.15, -0.1) is 6.58 Å². The average molecular weight is 284 g/mol. The van der Waals surface area contributed by atoms with Gasteiger partial charge in [-0.05, 0) is 30.2 Å². The molecule has 5 nitrogen and oxygen atoms in total. The Hall–Kier alpha value is -2.82. The van der Waals surface area contributed by atoms with Crippen LogP contribution in [0.4, 0.5) is 0 Å². The third-order valence-electron chi connectivity index (χ3n) is 2.88. The van der Waals surface area contributed by atoms with Gasteiger partial charge in [0, 0.05) is 17.8 Å². The smallest absolute Gasteiger partial charge is 0.251 e. The second-order valence-electron chi connectivity index (χ2n) is 4.38. The van der Waals surface area contributed by atoms with E-state index in [2.05, 4.69) is 16.5 Å². The predicted molar refractivity (Wildman–Crippen MR) is 82.3 cm³/mol. The van der Waals surface area contributed by atoms with Crippen molar-refractivity contribution in [3.05, 3.63) is 64.4 Å².